The SMILES string of the molecule is CCCCCCCCCCCCCC[C@@H](O)[C@@H](O)[C@H](CO)n1cc(C)nn1. The predicted molar refractivity (Wildman–Crippen MR) is 109 cm³/mol. The van der Waals surface area contributed by atoms with E-state index in [0.29, 0.717) is 6.42 Å². The minimum Gasteiger partial charge on any atom is -0.394 e. The Morgan fingerprint density at radius 3 is 1.85 bits per heavy atom. The van der Waals surface area contributed by atoms with E-state index in [2.05, 4.69) is 17.2 Å². The molecule has 0 bridgehead atoms. The molecule has 0 aromatic carbocycles. The molecule has 0 aliphatic rings. The highest BCUT2D eigenvalue weighted by molar-refractivity contribution is 4.91. The average Bonchev–Trinajstić information content (AvgIpc) is 3.09. The zero-order chi connectivity index (χ0) is 19.9. The number of hydrogen-bond donors (Lipinski definition) is 3. The summed E-state index contributed by atoms with van der Waals surface area (Å²) in [5.41, 5.74) is 0.719. The van der Waals surface area contributed by atoms with Gasteiger partial charge in [0.25, 0.3) is 0 Å². The molecule has 0 spiro atoms. The second-order valence-corrected chi connectivity index (χ2v) is 7.83. The zero-order valence-corrected chi connectivity index (χ0v) is 17.4. The molecule has 0 saturated heterocycles. The quantitative estimate of drug-likeness (QED) is 0.355. The normalized spacial score (nSPS) is 15.0. The summed E-state index contributed by atoms with van der Waals surface area (Å²) in [6.45, 7) is 3.77. The first-order valence-electron chi connectivity index (χ1n) is 11.0. The van der Waals surface area contributed by atoms with E-state index in [0.717, 1.165) is 18.5 Å². The summed E-state index contributed by atoms with van der Waals surface area (Å²) in [7, 11) is 0. The van der Waals surface area contributed by atoms with Crippen LogP contribution in [-0.2, 0) is 0 Å². The fourth-order valence-electron chi connectivity index (χ4n) is 3.50. The van der Waals surface area contributed by atoms with Gasteiger partial charge in [0.15, 0.2) is 0 Å². The third-order valence-electron chi connectivity index (χ3n) is 5.29. The number of unbranched alkanes of at least 4 members (excludes halogenated alkanes) is 11. The standard InChI is InChI=1S/C21H41N3O3/c1-3-4-5-6-7-8-9-10-11-12-13-14-15-20(26)21(27)19(17-25)24-16-18(2)22-23-24/h16,19-21,25-27H,3-15,17H2,1-2H3/t19-,20+,21-/m0/s1. The van der Waals surface area contributed by atoms with Gasteiger partial charge in [-0.05, 0) is 13.3 Å². The number of nitrogens with zero attached hydrogens (tertiary/aromatic N) is 3. The molecule has 0 fully saturated rings. The number of aliphatic hydroxyl groups is 3. The van der Waals surface area contributed by atoms with Crippen LogP contribution in [0.1, 0.15) is 102 Å². The highest BCUT2D eigenvalue weighted by atomic mass is 16.3. The number of aliphatic hydroxyl groups excluding tert-OH is 3. The van der Waals surface area contributed by atoms with Crippen molar-refractivity contribution in [2.24, 2.45) is 0 Å². The number of rotatable bonds is 17. The van der Waals surface area contributed by atoms with Gasteiger partial charge in [-0.3, -0.25) is 0 Å². The largest absolute Gasteiger partial charge is 0.394 e. The lowest BCUT2D eigenvalue weighted by Crippen LogP contribution is -2.37. The molecule has 0 aliphatic heterocycles. The maximum atomic E-state index is 10.3. The van der Waals surface area contributed by atoms with Crippen molar-refractivity contribution < 1.29 is 15.3 Å². The van der Waals surface area contributed by atoms with Crippen LogP contribution in [0.2, 0.25) is 0 Å². The molecular weight excluding hydrogens is 342 g/mol. The third kappa shape index (κ3) is 10.2. The van der Waals surface area contributed by atoms with Gasteiger partial charge in [0.2, 0.25) is 0 Å². The molecule has 0 unspecified atom stereocenters. The molecule has 158 valence electrons. The van der Waals surface area contributed by atoms with Crippen LogP contribution < -0.4 is 0 Å². The Kier molecular flexibility index (Phi) is 13.4. The van der Waals surface area contributed by atoms with Crippen molar-refractivity contribution in [1.82, 2.24) is 15.0 Å². The van der Waals surface area contributed by atoms with Gasteiger partial charge in [0, 0.05) is 6.20 Å². The van der Waals surface area contributed by atoms with Crippen LogP contribution in [0.5, 0.6) is 0 Å². The lowest BCUT2D eigenvalue weighted by molar-refractivity contribution is -0.0350. The van der Waals surface area contributed by atoms with E-state index in [1.807, 2.05) is 0 Å². The van der Waals surface area contributed by atoms with Crippen LogP contribution in [0.15, 0.2) is 6.20 Å². The van der Waals surface area contributed by atoms with Crippen LogP contribution >= 0.6 is 0 Å². The smallest absolute Gasteiger partial charge is 0.105 e. The highest BCUT2D eigenvalue weighted by Crippen LogP contribution is 2.18. The number of aromatic nitrogens is 3. The molecular formula is C21H41N3O3. The Morgan fingerprint density at radius 2 is 1.41 bits per heavy atom. The first-order chi connectivity index (χ1) is 13.1. The maximum Gasteiger partial charge on any atom is 0.105 e. The second-order valence-electron chi connectivity index (χ2n) is 7.83. The third-order valence-corrected chi connectivity index (χ3v) is 5.29. The molecule has 0 aliphatic carbocycles. The van der Waals surface area contributed by atoms with E-state index in [4.69, 9.17) is 0 Å². The minimum atomic E-state index is -1.04. The Morgan fingerprint density at radius 1 is 0.889 bits per heavy atom. The van der Waals surface area contributed by atoms with Gasteiger partial charge in [-0.25, -0.2) is 4.68 Å². The summed E-state index contributed by atoms with van der Waals surface area (Å²) in [5.74, 6) is 0. The van der Waals surface area contributed by atoms with Crippen molar-refractivity contribution in [2.75, 3.05) is 6.61 Å². The van der Waals surface area contributed by atoms with E-state index in [-0.39, 0.29) is 6.61 Å². The summed E-state index contributed by atoms with van der Waals surface area (Å²) < 4.78 is 1.44. The fraction of sp³-hybridized carbons (Fsp3) is 0.905. The van der Waals surface area contributed by atoms with Crippen LogP contribution in [0.4, 0.5) is 0 Å². The van der Waals surface area contributed by atoms with E-state index >= 15 is 0 Å². The molecule has 6 heteroatoms. The van der Waals surface area contributed by atoms with Crippen molar-refractivity contribution in [1.29, 1.82) is 0 Å². The van der Waals surface area contributed by atoms with E-state index in [9.17, 15) is 15.3 Å². The molecule has 1 aromatic rings. The van der Waals surface area contributed by atoms with Crippen molar-refractivity contribution in [2.45, 2.75) is 116 Å². The average molecular weight is 384 g/mol. The van der Waals surface area contributed by atoms with Gasteiger partial charge in [0.1, 0.15) is 12.1 Å². The van der Waals surface area contributed by atoms with Crippen LogP contribution in [-0.4, -0.2) is 49.1 Å². The van der Waals surface area contributed by atoms with Crippen molar-refractivity contribution in [3.05, 3.63) is 11.9 Å². The van der Waals surface area contributed by atoms with Gasteiger partial charge in [-0.1, -0.05) is 89.2 Å². The number of hydrogen-bond acceptors (Lipinski definition) is 5. The molecule has 0 amide bonds. The highest BCUT2D eigenvalue weighted by Gasteiger charge is 2.27. The summed E-state index contributed by atoms with van der Waals surface area (Å²) in [5, 5.41) is 37.8. The van der Waals surface area contributed by atoms with Crippen LogP contribution in [0.25, 0.3) is 0 Å². The Hall–Kier alpha value is -0.980. The molecule has 0 saturated carbocycles. The van der Waals surface area contributed by atoms with Crippen LogP contribution in [0.3, 0.4) is 0 Å². The minimum absolute atomic E-state index is 0.278. The maximum absolute atomic E-state index is 10.3. The lowest BCUT2D eigenvalue weighted by atomic mass is 9.99. The van der Waals surface area contributed by atoms with Crippen molar-refractivity contribution in [3.63, 3.8) is 0 Å². The Labute approximate surface area is 165 Å². The monoisotopic (exact) mass is 383 g/mol. The van der Waals surface area contributed by atoms with Gasteiger partial charge in [-0.2, -0.15) is 0 Å². The molecule has 3 atom stereocenters. The molecule has 0 radical (unpaired) electrons. The topological polar surface area (TPSA) is 91.4 Å². The Balaban J connectivity index is 2.05. The summed E-state index contributed by atoms with van der Waals surface area (Å²) in [4.78, 5) is 0. The summed E-state index contributed by atoms with van der Waals surface area (Å²) in [6.07, 6.45) is 15.6. The van der Waals surface area contributed by atoms with Crippen molar-refractivity contribution in [3.8, 4) is 0 Å². The zero-order valence-electron chi connectivity index (χ0n) is 17.4. The first kappa shape index (κ1) is 24.1. The molecule has 3 N–H and O–H groups in total. The number of aryl methyl sites for hydroxylation is 1. The summed E-state index contributed by atoms with van der Waals surface area (Å²) in [6, 6.07) is -0.654. The van der Waals surface area contributed by atoms with E-state index in [1.54, 1.807) is 13.1 Å². The van der Waals surface area contributed by atoms with Crippen LogP contribution in [0, 0.1) is 6.92 Å². The summed E-state index contributed by atoms with van der Waals surface area (Å²) >= 11 is 0. The Bertz CT molecular complexity index is 467. The van der Waals surface area contributed by atoms with E-state index in [1.165, 1.54) is 68.9 Å². The van der Waals surface area contributed by atoms with E-state index < -0.39 is 18.2 Å². The second kappa shape index (κ2) is 15.0. The van der Waals surface area contributed by atoms with Gasteiger partial charge in [0.05, 0.1) is 18.4 Å². The molecule has 1 heterocycles. The molecule has 27 heavy (non-hydrogen) atoms. The first-order valence-corrected chi connectivity index (χ1v) is 11.0. The van der Waals surface area contributed by atoms with Gasteiger partial charge in [-0.15, -0.1) is 5.10 Å². The molecule has 6 nitrogen and oxygen atoms in total. The van der Waals surface area contributed by atoms with Gasteiger partial charge >= 0.3 is 0 Å². The molecule has 1 aromatic heterocycles. The predicted octanol–water partition coefficient (Wildman–Crippen LogP) is 3.93. The molecule has 1 rings (SSSR count). The fourth-order valence-corrected chi connectivity index (χ4v) is 3.50. The van der Waals surface area contributed by atoms with Gasteiger partial charge < -0.3 is 15.3 Å². The van der Waals surface area contributed by atoms with Crippen molar-refractivity contribution >= 4 is 0 Å². The lowest BCUT2D eigenvalue weighted by Gasteiger charge is -2.25.